The van der Waals surface area contributed by atoms with E-state index in [9.17, 15) is 0 Å². The minimum Gasteiger partial charge on any atom is -0.256 e. The van der Waals surface area contributed by atoms with Crippen molar-refractivity contribution in [2.45, 2.75) is 0 Å². The number of hydrogen-bond acceptors (Lipinski definition) is 2. The Morgan fingerprint density at radius 3 is 2.50 bits per heavy atom. The number of fused-ring (bicyclic) bond motifs is 1. The van der Waals surface area contributed by atoms with Crippen LogP contribution in [0, 0.1) is 0 Å². The second-order valence-electron chi connectivity index (χ2n) is 4.30. The van der Waals surface area contributed by atoms with E-state index in [4.69, 9.17) is 23.2 Å². The number of nitrogens with zero attached hydrogens (tertiary/aromatic N) is 2. The van der Waals surface area contributed by atoms with Crippen molar-refractivity contribution in [3.8, 4) is 0 Å². The van der Waals surface area contributed by atoms with Gasteiger partial charge in [0, 0.05) is 22.2 Å². The molecule has 0 aliphatic carbocycles. The van der Waals surface area contributed by atoms with Crippen molar-refractivity contribution in [1.82, 2.24) is 4.98 Å². The predicted octanol–water partition coefficient (Wildman–Crippen LogP) is 5.29. The average Bonchev–Trinajstić information content (AvgIpc) is 2.47. The van der Waals surface area contributed by atoms with Gasteiger partial charge in [-0.2, -0.15) is 0 Å². The van der Waals surface area contributed by atoms with Crippen LogP contribution in [0.3, 0.4) is 0 Å². The van der Waals surface area contributed by atoms with Gasteiger partial charge in [0.2, 0.25) is 0 Å². The molecule has 0 spiro atoms. The van der Waals surface area contributed by atoms with Crippen LogP contribution in [-0.2, 0) is 0 Å². The Morgan fingerprint density at radius 1 is 0.950 bits per heavy atom. The van der Waals surface area contributed by atoms with Gasteiger partial charge in [0.25, 0.3) is 0 Å². The number of para-hydroxylation sites is 1. The highest BCUT2D eigenvalue weighted by Gasteiger charge is 2.02. The summed E-state index contributed by atoms with van der Waals surface area (Å²) in [5, 5.41) is 2.17. The van der Waals surface area contributed by atoms with Crippen molar-refractivity contribution in [2.24, 2.45) is 4.99 Å². The molecule has 3 aromatic rings. The summed E-state index contributed by atoms with van der Waals surface area (Å²) < 4.78 is 0. The van der Waals surface area contributed by atoms with Gasteiger partial charge in [0.05, 0.1) is 11.2 Å². The first-order chi connectivity index (χ1) is 9.72. The monoisotopic (exact) mass is 300 g/mol. The molecule has 1 heterocycles. The summed E-state index contributed by atoms with van der Waals surface area (Å²) in [6, 6.07) is 17.1. The molecule has 0 bridgehead atoms. The van der Waals surface area contributed by atoms with Crippen LogP contribution in [0.1, 0.15) is 5.56 Å². The quantitative estimate of drug-likeness (QED) is 0.466. The second kappa shape index (κ2) is 5.61. The lowest BCUT2D eigenvalue weighted by molar-refractivity contribution is 1.39. The SMILES string of the molecule is Clc1ccc(N=Cc2cc3ccccc3nc2Cl)cc1. The number of aromatic nitrogens is 1. The van der Waals surface area contributed by atoms with Gasteiger partial charge in [-0.05, 0) is 36.4 Å². The number of halogens is 2. The van der Waals surface area contributed by atoms with E-state index in [1.54, 1.807) is 18.3 Å². The first kappa shape index (κ1) is 13.1. The zero-order valence-corrected chi connectivity index (χ0v) is 11.9. The zero-order chi connectivity index (χ0) is 13.9. The summed E-state index contributed by atoms with van der Waals surface area (Å²) in [7, 11) is 0. The summed E-state index contributed by atoms with van der Waals surface area (Å²) in [4.78, 5) is 8.73. The number of aliphatic imine (C=N–C) groups is 1. The highest BCUT2D eigenvalue weighted by molar-refractivity contribution is 6.32. The predicted molar refractivity (Wildman–Crippen MR) is 85.5 cm³/mol. The summed E-state index contributed by atoms with van der Waals surface area (Å²) in [5.74, 6) is 0. The molecule has 4 heteroatoms. The summed E-state index contributed by atoms with van der Waals surface area (Å²) in [6.45, 7) is 0. The van der Waals surface area contributed by atoms with Crippen molar-refractivity contribution in [3.63, 3.8) is 0 Å². The molecule has 0 atom stereocenters. The van der Waals surface area contributed by atoms with Crippen LogP contribution in [0.4, 0.5) is 5.69 Å². The fourth-order valence-electron chi connectivity index (χ4n) is 1.87. The molecule has 98 valence electrons. The maximum Gasteiger partial charge on any atom is 0.138 e. The lowest BCUT2D eigenvalue weighted by atomic mass is 10.2. The van der Waals surface area contributed by atoms with E-state index in [-0.39, 0.29) is 0 Å². The Kier molecular flexibility index (Phi) is 3.68. The maximum atomic E-state index is 6.17. The minimum atomic E-state index is 0.446. The number of hydrogen-bond donors (Lipinski definition) is 0. The molecule has 0 aliphatic rings. The summed E-state index contributed by atoms with van der Waals surface area (Å²) in [5.41, 5.74) is 2.49. The van der Waals surface area contributed by atoms with Crippen LogP contribution in [0.2, 0.25) is 10.2 Å². The van der Waals surface area contributed by atoms with Gasteiger partial charge < -0.3 is 0 Å². The first-order valence-electron chi connectivity index (χ1n) is 6.07. The van der Waals surface area contributed by atoms with Crippen LogP contribution >= 0.6 is 23.2 Å². The molecule has 3 rings (SSSR count). The summed E-state index contributed by atoms with van der Waals surface area (Å²) >= 11 is 12.0. The van der Waals surface area contributed by atoms with E-state index < -0.39 is 0 Å². The maximum absolute atomic E-state index is 6.17. The Hall–Kier alpha value is -1.90. The molecule has 0 unspecified atom stereocenters. The lowest BCUT2D eigenvalue weighted by Crippen LogP contribution is -1.88. The van der Waals surface area contributed by atoms with Crippen LogP contribution in [0.15, 0.2) is 59.6 Å². The normalized spacial score (nSPS) is 11.3. The Bertz CT molecular complexity index is 780. The molecule has 20 heavy (non-hydrogen) atoms. The molecule has 2 aromatic carbocycles. The largest absolute Gasteiger partial charge is 0.256 e. The van der Waals surface area contributed by atoms with Crippen molar-refractivity contribution in [2.75, 3.05) is 0 Å². The molecule has 0 amide bonds. The molecule has 0 saturated carbocycles. The van der Waals surface area contributed by atoms with E-state index in [0.717, 1.165) is 22.2 Å². The molecule has 0 fully saturated rings. The van der Waals surface area contributed by atoms with Crippen molar-refractivity contribution in [1.29, 1.82) is 0 Å². The van der Waals surface area contributed by atoms with E-state index in [0.29, 0.717) is 10.2 Å². The fourth-order valence-corrected chi connectivity index (χ4v) is 2.19. The van der Waals surface area contributed by atoms with Gasteiger partial charge in [-0.25, -0.2) is 4.98 Å². The zero-order valence-electron chi connectivity index (χ0n) is 10.4. The third kappa shape index (κ3) is 2.82. The third-order valence-corrected chi connectivity index (χ3v) is 3.44. The van der Waals surface area contributed by atoms with Gasteiger partial charge in [0.15, 0.2) is 0 Å². The molecular formula is C16H10Cl2N2. The number of pyridine rings is 1. The average molecular weight is 301 g/mol. The molecule has 1 aromatic heterocycles. The molecule has 0 N–H and O–H groups in total. The van der Waals surface area contributed by atoms with Gasteiger partial charge in [-0.15, -0.1) is 0 Å². The standard InChI is InChI=1S/C16H10Cl2N2/c17-13-5-7-14(8-6-13)19-10-12-9-11-3-1-2-4-15(11)20-16(12)18/h1-10H. The topological polar surface area (TPSA) is 25.2 Å². The van der Waals surface area contributed by atoms with Crippen molar-refractivity contribution >= 4 is 46.0 Å². The van der Waals surface area contributed by atoms with Crippen LogP contribution in [0.25, 0.3) is 10.9 Å². The van der Waals surface area contributed by atoms with Crippen LogP contribution < -0.4 is 0 Å². The lowest BCUT2D eigenvalue weighted by Gasteiger charge is -2.01. The number of rotatable bonds is 2. The smallest absolute Gasteiger partial charge is 0.138 e. The highest BCUT2D eigenvalue weighted by Crippen LogP contribution is 2.21. The van der Waals surface area contributed by atoms with Crippen molar-refractivity contribution in [3.05, 3.63) is 70.3 Å². The van der Waals surface area contributed by atoms with Crippen LogP contribution in [0.5, 0.6) is 0 Å². The van der Waals surface area contributed by atoms with E-state index in [2.05, 4.69) is 9.98 Å². The molecule has 0 radical (unpaired) electrons. The Morgan fingerprint density at radius 2 is 1.70 bits per heavy atom. The van der Waals surface area contributed by atoms with E-state index >= 15 is 0 Å². The van der Waals surface area contributed by atoms with Crippen LogP contribution in [-0.4, -0.2) is 11.2 Å². The minimum absolute atomic E-state index is 0.446. The Labute approximate surface area is 126 Å². The highest BCUT2D eigenvalue weighted by atomic mass is 35.5. The third-order valence-electron chi connectivity index (χ3n) is 2.88. The number of benzene rings is 2. The molecule has 0 saturated heterocycles. The molecule has 2 nitrogen and oxygen atoms in total. The van der Waals surface area contributed by atoms with Gasteiger partial charge in [0.1, 0.15) is 5.15 Å². The molecular weight excluding hydrogens is 291 g/mol. The first-order valence-corrected chi connectivity index (χ1v) is 6.83. The van der Waals surface area contributed by atoms with Gasteiger partial charge >= 0.3 is 0 Å². The van der Waals surface area contributed by atoms with E-state index in [1.165, 1.54) is 0 Å². The van der Waals surface area contributed by atoms with Crippen molar-refractivity contribution < 1.29 is 0 Å². The fraction of sp³-hybridized carbons (Fsp3) is 0. The van der Waals surface area contributed by atoms with Gasteiger partial charge in [-0.3, -0.25) is 4.99 Å². The molecule has 0 aliphatic heterocycles. The second-order valence-corrected chi connectivity index (χ2v) is 5.09. The van der Waals surface area contributed by atoms with Gasteiger partial charge in [-0.1, -0.05) is 41.4 Å². The summed E-state index contributed by atoms with van der Waals surface area (Å²) in [6.07, 6.45) is 1.71. The Balaban J connectivity index is 1.97. The van der Waals surface area contributed by atoms with E-state index in [1.807, 2.05) is 42.5 Å².